The van der Waals surface area contributed by atoms with E-state index in [2.05, 4.69) is 13.0 Å². The zero-order valence-corrected chi connectivity index (χ0v) is 8.90. The van der Waals surface area contributed by atoms with Gasteiger partial charge in [0, 0.05) is 5.03 Å². The summed E-state index contributed by atoms with van der Waals surface area (Å²) in [5.74, 6) is 0. The lowest BCUT2D eigenvalue weighted by atomic mass is 10.1. The number of hydrogen-bond acceptors (Lipinski definition) is 0. The normalized spacial score (nSPS) is 12.8. The van der Waals surface area contributed by atoms with E-state index < -0.39 is 0 Å². The first-order valence-electron chi connectivity index (χ1n) is 4.79. The highest BCUT2D eigenvalue weighted by molar-refractivity contribution is 6.31. The molecule has 0 amide bonds. The van der Waals surface area contributed by atoms with Crippen LogP contribution in [-0.4, -0.2) is 0 Å². The summed E-state index contributed by atoms with van der Waals surface area (Å²) in [6, 6.07) is 0. The number of allylic oxidation sites excluding steroid dienone is 4. The van der Waals surface area contributed by atoms with Crippen LogP contribution in [0.4, 0.5) is 0 Å². The highest BCUT2D eigenvalue weighted by atomic mass is 35.5. The number of halogens is 1. The van der Waals surface area contributed by atoms with E-state index in [1.165, 1.54) is 25.7 Å². The van der Waals surface area contributed by atoms with Gasteiger partial charge < -0.3 is 0 Å². The Labute approximate surface area is 81.3 Å². The van der Waals surface area contributed by atoms with Gasteiger partial charge in [-0.3, -0.25) is 0 Å². The maximum absolute atomic E-state index is 5.78. The fraction of sp³-hybridized carbons (Fsp3) is 0.636. The van der Waals surface area contributed by atoms with Crippen molar-refractivity contribution in [1.82, 2.24) is 0 Å². The van der Waals surface area contributed by atoms with Crippen LogP contribution in [0.3, 0.4) is 0 Å². The molecule has 0 aromatic rings. The average molecular weight is 187 g/mol. The molecule has 0 N–H and O–H groups in total. The van der Waals surface area contributed by atoms with Crippen LogP contribution >= 0.6 is 11.6 Å². The second-order valence-electron chi connectivity index (χ2n) is 2.93. The molecule has 0 aromatic heterocycles. The summed E-state index contributed by atoms with van der Waals surface area (Å²) in [5, 5.41) is 0.838. The molecule has 0 unspecified atom stereocenters. The molecule has 0 aliphatic rings. The second-order valence-corrected chi connectivity index (χ2v) is 3.36. The van der Waals surface area contributed by atoms with Crippen molar-refractivity contribution >= 4 is 11.6 Å². The second kappa shape index (κ2) is 8.86. The molecule has 0 saturated heterocycles. The minimum absolute atomic E-state index is 0.838. The van der Waals surface area contributed by atoms with Crippen molar-refractivity contribution in [2.75, 3.05) is 0 Å². The Balaban J connectivity index is 3.25. The lowest BCUT2D eigenvalue weighted by Crippen LogP contribution is -1.73. The molecule has 0 nitrogen and oxygen atoms in total. The Morgan fingerprint density at radius 2 is 2.00 bits per heavy atom. The lowest BCUT2D eigenvalue weighted by molar-refractivity contribution is 0.674. The highest BCUT2D eigenvalue weighted by Crippen LogP contribution is 2.06. The van der Waals surface area contributed by atoms with Crippen LogP contribution in [-0.2, 0) is 0 Å². The fourth-order valence-corrected chi connectivity index (χ4v) is 1.07. The third-order valence-corrected chi connectivity index (χ3v) is 2.12. The largest absolute Gasteiger partial charge is 0.0847 e. The van der Waals surface area contributed by atoms with Gasteiger partial charge in [-0.25, -0.2) is 0 Å². The molecule has 1 heteroatoms. The minimum atomic E-state index is 0.838. The van der Waals surface area contributed by atoms with Crippen molar-refractivity contribution in [2.45, 2.75) is 46.0 Å². The van der Waals surface area contributed by atoms with Gasteiger partial charge in [-0.2, -0.15) is 0 Å². The standard InChI is InChI=1S/C11H19Cl/c1-3-5-6-7-8-9-10-11(12)4-2/h4,9-10H,3,5-8H2,1-2H3/b10-9-,11-4+. The van der Waals surface area contributed by atoms with Gasteiger partial charge in [0.05, 0.1) is 0 Å². The van der Waals surface area contributed by atoms with E-state index in [9.17, 15) is 0 Å². The molecule has 0 atom stereocenters. The van der Waals surface area contributed by atoms with E-state index in [1.54, 1.807) is 0 Å². The van der Waals surface area contributed by atoms with E-state index in [1.807, 2.05) is 19.1 Å². The molecular formula is C11H19Cl. The van der Waals surface area contributed by atoms with Gasteiger partial charge in [0.15, 0.2) is 0 Å². The lowest BCUT2D eigenvalue weighted by Gasteiger charge is -1.93. The molecule has 0 rings (SSSR count). The number of rotatable bonds is 6. The first kappa shape index (κ1) is 11.8. The van der Waals surface area contributed by atoms with Crippen LogP contribution in [0.5, 0.6) is 0 Å². The summed E-state index contributed by atoms with van der Waals surface area (Å²) >= 11 is 5.78. The third kappa shape index (κ3) is 7.87. The Kier molecular flexibility index (Phi) is 8.69. The number of unbranched alkanes of at least 4 members (excludes halogenated alkanes) is 4. The average Bonchev–Trinajstić information content (AvgIpc) is 2.10. The summed E-state index contributed by atoms with van der Waals surface area (Å²) in [7, 11) is 0. The van der Waals surface area contributed by atoms with Crippen LogP contribution < -0.4 is 0 Å². The van der Waals surface area contributed by atoms with Crippen LogP contribution in [0.15, 0.2) is 23.3 Å². The van der Waals surface area contributed by atoms with E-state index in [0.717, 1.165) is 11.5 Å². The van der Waals surface area contributed by atoms with Crippen molar-refractivity contribution < 1.29 is 0 Å². The Morgan fingerprint density at radius 1 is 1.25 bits per heavy atom. The highest BCUT2D eigenvalue weighted by Gasteiger charge is 1.84. The minimum Gasteiger partial charge on any atom is -0.0847 e. The predicted molar refractivity (Wildman–Crippen MR) is 57.5 cm³/mol. The molecule has 0 radical (unpaired) electrons. The Hall–Kier alpha value is -0.230. The van der Waals surface area contributed by atoms with Gasteiger partial charge in [0.25, 0.3) is 0 Å². The van der Waals surface area contributed by atoms with Gasteiger partial charge in [-0.05, 0) is 25.8 Å². The summed E-state index contributed by atoms with van der Waals surface area (Å²) in [5.41, 5.74) is 0. The van der Waals surface area contributed by atoms with Gasteiger partial charge in [0.1, 0.15) is 0 Å². The summed E-state index contributed by atoms with van der Waals surface area (Å²) in [6.07, 6.45) is 12.5. The van der Waals surface area contributed by atoms with Crippen LogP contribution in [0.25, 0.3) is 0 Å². The van der Waals surface area contributed by atoms with Crippen molar-refractivity contribution in [3.05, 3.63) is 23.3 Å². The van der Waals surface area contributed by atoms with Gasteiger partial charge in [-0.15, -0.1) is 0 Å². The van der Waals surface area contributed by atoms with Crippen molar-refractivity contribution in [3.8, 4) is 0 Å². The zero-order chi connectivity index (χ0) is 9.23. The van der Waals surface area contributed by atoms with Gasteiger partial charge in [0.2, 0.25) is 0 Å². The molecule has 0 bridgehead atoms. The van der Waals surface area contributed by atoms with Crippen LogP contribution in [0.2, 0.25) is 0 Å². The molecule has 0 spiro atoms. The molecule has 0 aliphatic carbocycles. The quantitative estimate of drug-likeness (QED) is 0.418. The first-order chi connectivity index (χ1) is 5.81. The van der Waals surface area contributed by atoms with E-state index >= 15 is 0 Å². The molecule has 0 aromatic carbocycles. The molecule has 0 aliphatic heterocycles. The van der Waals surface area contributed by atoms with Crippen molar-refractivity contribution in [1.29, 1.82) is 0 Å². The van der Waals surface area contributed by atoms with Crippen molar-refractivity contribution in [3.63, 3.8) is 0 Å². The summed E-state index contributed by atoms with van der Waals surface area (Å²) < 4.78 is 0. The molecule has 0 heterocycles. The topological polar surface area (TPSA) is 0 Å². The molecule has 0 saturated carbocycles. The fourth-order valence-electron chi connectivity index (χ4n) is 0.981. The smallest absolute Gasteiger partial charge is 0.0360 e. The molecule has 70 valence electrons. The molecular weight excluding hydrogens is 168 g/mol. The summed E-state index contributed by atoms with van der Waals surface area (Å²) in [6.45, 7) is 4.18. The van der Waals surface area contributed by atoms with Crippen LogP contribution in [0, 0.1) is 0 Å². The van der Waals surface area contributed by atoms with Crippen LogP contribution in [0.1, 0.15) is 46.0 Å². The maximum atomic E-state index is 5.78. The SMILES string of the molecule is C/C=C(Cl)\C=C/CCCCCC. The number of hydrogen-bond donors (Lipinski definition) is 0. The Morgan fingerprint density at radius 3 is 2.58 bits per heavy atom. The molecule has 0 fully saturated rings. The van der Waals surface area contributed by atoms with Gasteiger partial charge >= 0.3 is 0 Å². The zero-order valence-electron chi connectivity index (χ0n) is 8.15. The Bertz CT molecular complexity index is 145. The van der Waals surface area contributed by atoms with E-state index in [4.69, 9.17) is 11.6 Å². The maximum Gasteiger partial charge on any atom is 0.0360 e. The predicted octanol–water partition coefficient (Wildman–Crippen LogP) is 4.66. The summed E-state index contributed by atoms with van der Waals surface area (Å²) in [4.78, 5) is 0. The monoisotopic (exact) mass is 186 g/mol. The van der Waals surface area contributed by atoms with Gasteiger partial charge in [-0.1, -0.05) is 49.9 Å². The molecule has 12 heavy (non-hydrogen) atoms. The van der Waals surface area contributed by atoms with E-state index in [-0.39, 0.29) is 0 Å². The first-order valence-corrected chi connectivity index (χ1v) is 5.17. The van der Waals surface area contributed by atoms with E-state index in [0.29, 0.717) is 0 Å². The van der Waals surface area contributed by atoms with Crippen molar-refractivity contribution in [2.24, 2.45) is 0 Å². The third-order valence-electron chi connectivity index (χ3n) is 1.78.